The van der Waals surface area contributed by atoms with Gasteiger partial charge in [-0.25, -0.2) is 4.39 Å². The standard InChI is InChI=1S/C21H21FN8OS/c1-4-29-20(15-7-5-6-13(2)10-15)25-26-21(29)32-12-19(31)23-16-8-9-17(22)18(11-16)30-14(3)24-27-28-30/h5-11H,4,12H2,1-3H3,(H,23,31). The van der Waals surface area contributed by atoms with Gasteiger partial charge in [-0.15, -0.1) is 15.3 Å². The number of amides is 1. The highest BCUT2D eigenvalue weighted by Gasteiger charge is 2.16. The molecule has 32 heavy (non-hydrogen) atoms. The molecule has 0 bridgehead atoms. The third-order valence-electron chi connectivity index (χ3n) is 4.73. The van der Waals surface area contributed by atoms with Crippen LogP contribution in [0.15, 0.2) is 47.6 Å². The molecule has 2 aromatic carbocycles. The van der Waals surface area contributed by atoms with Gasteiger partial charge in [0.15, 0.2) is 16.8 Å². The summed E-state index contributed by atoms with van der Waals surface area (Å²) >= 11 is 1.29. The fraction of sp³-hybridized carbons (Fsp3) is 0.238. The second kappa shape index (κ2) is 9.27. The largest absolute Gasteiger partial charge is 0.325 e. The third kappa shape index (κ3) is 4.52. The topological polar surface area (TPSA) is 103 Å². The number of hydrogen-bond acceptors (Lipinski definition) is 7. The molecule has 0 atom stereocenters. The minimum atomic E-state index is -0.493. The number of aryl methyl sites for hydroxylation is 2. The Labute approximate surface area is 188 Å². The first kappa shape index (κ1) is 21.6. The molecule has 11 heteroatoms. The number of halogens is 1. The molecule has 164 valence electrons. The fourth-order valence-corrected chi connectivity index (χ4v) is 4.01. The Morgan fingerprint density at radius 1 is 1.12 bits per heavy atom. The first-order valence-corrected chi connectivity index (χ1v) is 10.9. The van der Waals surface area contributed by atoms with E-state index < -0.39 is 5.82 Å². The molecule has 0 unspecified atom stereocenters. The Balaban J connectivity index is 1.46. The van der Waals surface area contributed by atoms with Gasteiger partial charge in [0.05, 0.1) is 5.75 Å². The van der Waals surface area contributed by atoms with E-state index in [0.29, 0.717) is 23.2 Å². The monoisotopic (exact) mass is 452 g/mol. The maximum Gasteiger partial charge on any atom is 0.234 e. The lowest BCUT2D eigenvalue weighted by molar-refractivity contribution is -0.113. The Morgan fingerprint density at radius 3 is 2.69 bits per heavy atom. The van der Waals surface area contributed by atoms with Gasteiger partial charge in [0.1, 0.15) is 11.5 Å². The second-order valence-electron chi connectivity index (χ2n) is 7.06. The molecule has 0 aliphatic carbocycles. The molecule has 0 aliphatic rings. The van der Waals surface area contributed by atoms with Crippen LogP contribution < -0.4 is 5.32 Å². The molecule has 0 spiro atoms. The summed E-state index contributed by atoms with van der Waals surface area (Å²) in [5.74, 6) is 0.587. The molecule has 1 N–H and O–H groups in total. The number of hydrogen-bond donors (Lipinski definition) is 1. The summed E-state index contributed by atoms with van der Waals surface area (Å²) in [7, 11) is 0. The molecule has 0 aliphatic heterocycles. The van der Waals surface area contributed by atoms with E-state index in [1.165, 1.54) is 34.6 Å². The van der Waals surface area contributed by atoms with Gasteiger partial charge in [-0.05, 0) is 55.5 Å². The number of aromatic nitrogens is 7. The van der Waals surface area contributed by atoms with Crippen molar-refractivity contribution in [2.24, 2.45) is 0 Å². The van der Waals surface area contributed by atoms with Gasteiger partial charge in [0.25, 0.3) is 0 Å². The van der Waals surface area contributed by atoms with E-state index in [-0.39, 0.29) is 17.3 Å². The number of thioether (sulfide) groups is 1. The van der Waals surface area contributed by atoms with Crippen LogP contribution in [0.4, 0.5) is 10.1 Å². The van der Waals surface area contributed by atoms with Crippen molar-refractivity contribution in [3.63, 3.8) is 0 Å². The minimum Gasteiger partial charge on any atom is -0.325 e. The van der Waals surface area contributed by atoms with Crippen LogP contribution in [-0.4, -0.2) is 46.6 Å². The summed E-state index contributed by atoms with van der Waals surface area (Å²) in [6.45, 7) is 6.37. The molecule has 2 aromatic heterocycles. The van der Waals surface area contributed by atoms with Crippen LogP contribution in [0.1, 0.15) is 18.3 Å². The van der Waals surface area contributed by atoms with Crippen LogP contribution in [0, 0.1) is 19.7 Å². The Morgan fingerprint density at radius 2 is 1.97 bits per heavy atom. The quantitative estimate of drug-likeness (QED) is 0.429. The Bertz CT molecular complexity index is 1270. The maximum absolute atomic E-state index is 14.2. The summed E-state index contributed by atoms with van der Waals surface area (Å²) in [5.41, 5.74) is 2.72. The van der Waals surface area contributed by atoms with E-state index in [0.717, 1.165) is 17.0 Å². The maximum atomic E-state index is 14.2. The van der Waals surface area contributed by atoms with E-state index in [9.17, 15) is 9.18 Å². The third-order valence-corrected chi connectivity index (χ3v) is 5.69. The van der Waals surface area contributed by atoms with E-state index in [2.05, 4.69) is 37.1 Å². The van der Waals surface area contributed by atoms with Crippen molar-refractivity contribution in [2.45, 2.75) is 32.5 Å². The van der Waals surface area contributed by atoms with Crippen molar-refractivity contribution in [1.82, 2.24) is 35.0 Å². The number of carbonyl (C=O) groups excluding carboxylic acids is 1. The molecular weight excluding hydrogens is 431 g/mol. The Hall–Kier alpha value is -3.60. The molecule has 4 aromatic rings. The molecular formula is C21H21FN8OS. The Kier molecular flexibility index (Phi) is 6.26. The highest BCUT2D eigenvalue weighted by atomic mass is 32.2. The van der Waals surface area contributed by atoms with E-state index in [1.54, 1.807) is 6.92 Å². The summed E-state index contributed by atoms with van der Waals surface area (Å²) in [6, 6.07) is 12.3. The first-order valence-electron chi connectivity index (χ1n) is 9.94. The van der Waals surface area contributed by atoms with Crippen molar-refractivity contribution >= 4 is 23.4 Å². The minimum absolute atomic E-state index is 0.128. The predicted molar refractivity (Wildman–Crippen MR) is 119 cm³/mol. The second-order valence-corrected chi connectivity index (χ2v) is 8.00. The van der Waals surface area contributed by atoms with Crippen LogP contribution >= 0.6 is 11.8 Å². The van der Waals surface area contributed by atoms with Gasteiger partial charge in [0.2, 0.25) is 5.91 Å². The zero-order valence-electron chi connectivity index (χ0n) is 17.8. The van der Waals surface area contributed by atoms with Gasteiger partial charge >= 0.3 is 0 Å². The molecule has 0 fully saturated rings. The van der Waals surface area contributed by atoms with Gasteiger partial charge in [-0.3, -0.25) is 4.79 Å². The number of anilines is 1. The summed E-state index contributed by atoms with van der Waals surface area (Å²) in [5, 5.41) is 23.1. The number of tetrazole rings is 1. The lowest BCUT2D eigenvalue weighted by atomic mass is 10.1. The van der Waals surface area contributed by atoms with Gasteiger partial charge < -0.3 is 9.88 Å². The lowest BCUT2D eigenvalue weighted by Crippen LogP contribution is -2.15. The molecule has 0 saturated carbocycles. The molecule has 0 saturated heterocycles. The SMILES string of the molecule is CCn1c(SCC(=O)Nc2ccc(F)c(-n3nnnc3C)c2)nnc1-c1cccc(C)c1. The zero-order chi connectivity index (χ0) is 22.7. The molecule has 9 nitrogen and oxygen atoms in total. The smallest absolute Gasteiger partial charge is 0.234 e. The van der Waals surface area contributed by atoms with Crippen molar-refractivity contribution in [3.8, 4) is 17.1 Å². The molecule has 4 rings (SSSR count). The van der Waals surface area contributed by atoms with E-state index in [1.807, 2.05) is 36.6 Å². The summed E-state index contributed by atoms with van der Waals surface area (Å²) in [6.07, 6.45) is 0. The molecule has 1 amide bonds. The van der Waals surface area contributed by atoms with Gasteiger partial charge in [0, 0.05) is 17.8 Å². The van der Waals surface area contributed by atoms with Crippen LogP contribution in [0.3, 0.4) is 0 Å². The summed E-state index contributed by atoms with van der Waals surface area (Å²) in [4.78, 5) is 12.5. The van der Waals surface area contributed by atoms with Crippen molar-refractivity contribution in [2.75, 3.05) is 11.1 Å². The highest BCUT2D eigenvalue weighted by molar-refractivity contribution is 7.99. The first-order chi connectivity index (χ1) is 15.5. The van der Waals surface area contributed by atoms with Crippen molar-refractivity contribution in [1.29, 1.82) is 0 Å². The summed E-state index contributed by atoms with van der Waals surface area (Å²) < 4.78 is 17.5. The normalized spacial score (nSPS) is 11.0. The average molecular weight is 453 g/mol. The van der Waals surface area contributed by atoms with E-state index >= 15 is 0 Å². The van der Waals surface area contributed by atoms with Crippen LogP contribution in [0.25, 0.3) is 17.1 Å². The predicted octanol–water partition coefficient (Wildman–Crippen LogP) is 3.43. The van der Waals surface area contributed by atoms with Crippen molar-refractivity contribution < 1.29 is 9.18 Å². The van der Waals surface area contributed by atoms with Crippen LogP contribution in [0.2, 0.25) is 0 Å². The molecule has 0 radical (unpaired) electrons. The highest BCUT2D eigenvalue weighted by Crippen LogP contribution is 2.25. The number of benzene rings is 2. The van der Waals surface area contributed by atoms with Crippen LogP contribution in [0.5, 0.6) is 0 Å². The fourth-order valence-electron chi connectivity index (χ4n) is 3.21. The van der Waals surface area contributed by atoms with Crippen LogP contribution in [-0.2, 0) is 11.3 Å². The number of carbonyl (C=O) groups is 1. The number of nitrogens with one attached hydrogen (secondary N) is 1. The molecule has 2 heterocycles. The number of nitrogens with zero attached hydrogens (tertiary/aromatic N) is 7. The number of rotatable bonds is 7. The van der Waals surface area contributed by atoms with Crippen molar-refractivity contribution in [3.05, 3.63) is 59.7 Å². The van der Waals surface area contributed by atoms with Gasteiger partial charge in [-0.2, -0.15) is 4.68 Å². The van der Waals surface area contributed by atoms with Gasteiger partial charge in [-0.1, -0.05) is 35.5 Å². The lowest BCUT2D eigenvalue weighted by Gasteiger charge is -2.10. The van der Waals surface area contributed by atoms with E-state index in [4.69, 9.17) is 0 Å². The average Bonchev–Trinajstić information content (AvgIpc) is 3.39. The zero-order valence-corrected chi connectivity index (χ0v) is 18.6.